The van der Waals surface area contributed by atoms with E-state index in [-0.39, 0.29) is 11.7 Å². The Morgan fingerprint density at radius 2 is 1.78 bits per heavy atom. The van der Waals surface area contributed by atoms with Crippen LogP contribution in [-0.2, 0) is 4.74 Å². The first-order valence-corrected chi connectivity index (χ1v) is 5.28. The molecule has 0 spiro atoms. The number of alkyl halides is 3. The van der Waals surface area contributed by atoms with E-state index in [0.717, 1.165) is 0 Å². The van der Waals surface area contributed by atoms with Crippen LogP contribution >= 0.6 is 0 Å². The van der Waals surface area contributed by atoms with Crippen LogP contribution in [0.15, 0.2) is 24.3 Å². The highest BCUT2D eigenvalue weighted by Gasteiger charge is 2.29. The fourth-order valence-corrected chi connectivity index (χ4v) is 1.17. The molecule has 0 aliphatic carbocycles. The summed E-state index contributed by atoms with van der Waals surface area (Å²) in [6, 6.07) is 5.72. The molecule has 0 amide bonds. The molecule has 3 nitrogen and oxygen atoms in total. The number of esters is 1. The van der Waals surface area contributed by atoms with Gasteiger partial charge in [0.25, 0.3) is 0 Å². The third-order valence-corrected chi connectivity index (χ3v) is 1.83. The number of rotatable bonds is 4. The summed E-state index contributed by atoms with van der Waals surface area (Å²) in [6.45, 7) is 2.09. The van der Waals surface area contributed by atoms with Gasteiger partial charge in [0, 0.05) is 0 Å². The predicted molar refractivity (Wildman–Crippen MR) is 58.5 cm³/mol. The Hall–Kier alpha value is -1.72. The van der Waals surface area contributed by atoms with E-state index in [1.54, 1.807) is 0 Å². The van der Waals surface area contributed by atoms with Gasteiger partial charge in [-0.25, -0.2) is 4.79 Å². The second-order valence-corrected chi connectivity index (χ2v) is 3.88. The van der Waals surface area contributed by atoms with E-state index in [9.17, 15) is 18.0 Å². The third-order valence-electron chi connectivity index (χ3n) is 1.83. The second kappa shape index (κ2) is 5.75. The molecule has 0 aromatic heterocycles. The summed E-state index contributed by atoms with van der Waals surface area (Å²) in [5.41, 5.74) is 0.0513. The van der Waals surface area contributed by atoms with Gasteiger partial charge in [-0.2, -0.15) is 13.2 Å². The van der Waals surface area contributed by atoms with Crippen LogP contribution in [0.5, 0.6) is 5.75 Å². The van der Waals surface area contributed by atoms with Crippen LogP contribution in [0.2, 0.25) is 0 Å². The molecule has 0 aliphatic rings. The zero-order valence-corrected chi connectivity index (χ0v) is 9.95. The lowest BCUT2D eigenvalue weighted by Gasteiger charge is -2.10. The van der Waals surface area contributed by atoms with E-state index in [2.05, 4.69) is 4.74 Å². The van der Waals surface area contributed by atoms with E-state index in [4.69, 9.17) is 4.74 Å². The van der Waals surface area contributed by atoms with Crippen LogP contribution in [0, 0.1) is 0 Å². The molecule has 0 N–H and O–H groups in total. The molecular weight excluding hydrogens is 249 g/mol. The van der Waals surface area contributed by atoms with Gasteiger partial charge >= 0.3 is 12.1 Å². The first-order chi connectivity index (χ1) is 8.28. The van der Waals surface area contributed by atoms with Crippen molar-refractivity contribution in [2.24, 2.45) is 0 Å². The predicted octanol–water partition coefficient (Wildman–Crippen LogP) is 3.19. The molecule has 0 unspecified atom stereocenters. The number of ether oxygens (including phenoxy) is 2. The Balaban J connectivity index is 2.59. The smallest absolute Gasteiger partial charge is 0.422 e. The van der Waals surface area contributed by atoms with Gasteiger partial charge in [-0.1, -0.05) is 0 Å². The summed E-state index contributed by atoms with van der Waals surface area (Å²) in [5, 5.41) is 0. The van der Waals surface area contributed by atoms with Crippen molar-refractivity contribution in [3.05, 3.63) is 29.8 Å². The first kappa shape index (κ1) is 14.3. The maximum absolute atomic E-state index is 11.8. The van der Waals surface area contributed by atoms with E-state index in [1.807, 2.05) is 13.8 Å². The van der Waals surface area contributed by atoms with Gasteiger partial charge in [-0.15, -0.1) is 0 Å². The summed E-state index contributed by atoms with van der Waals surface area (Å²) < 4.78 is 45.0. The molecule has 0 radical (unpaired) electrons. The lowest BCUT2D eigenvalue weighted by molar-refractivity contribution is -0.161. The van der Waals surface area contributed by atoms with Crippen LogP contribution in [0.1, 0.15) is 24.2 Å². The highest BCUT2D eigenvalue weighted by atomic mass is 19.4. The molecule has 0 heterocycles. The molecule has 6 heteroatoms. The molecule has 1 aromatic rings. The van der Waals surface area contributed by atoms with Gasteiger partial charge in [0.2, 0.25) is 0 Å². The van der Waals surface area contributed by atoms with Crippen LogP contribution in [-0.4, -0.2) is 24.9 Å². The van der Waals surface area contributed by atoms with Crippen molar-refractivity contribution in [3.8, 4) is 5.75 Å². The number of hydrogen-bond acceptors (Lipinski definition) is 3. The Labute approximate surface area is 103 Å². The summed E-state index contributed by atoms with van der Waals surface area (Å²) in [7, 11) is 0. The highest BCUT2D eigenvalue weighted by Crippen LogP contribution is 2.17. The number of benzene rings is 1. The highest BCUT2D eigenvalue weighted by molar-refractivity contribution is 5.89. The van der Waals surface area contributed by atoms with Gasteiger partial charge < -0.3 is 9.47 Å². The molecule has 1 aromatic carbocycles. The van der Waals surface area contributed by atoms with Gasteiger partial charge in [0.05, 0.1) is 11.7 Å². The molecule has 18 heavy (non-hydrogen) atoms. The third kappa shape index (κ3) is 5.07. The largest absolute Gasteiger partial charge is 0.491 e. The average Bonchev–Trinajstić information content (AvgIpc) is 2.25. The number of halogens is 3. The van der Waals surface area contributed by atoms with E-state index in [0.29, 0.717) is 5.75 Å². The van der Waals surface area contributed by atoms with Crippen LogP contribution < -0.4 is 4.74 Å². The second-order valence-electron chi connectivity index (χ2n) is 3.88. The van der Waals surface area contributed by atoms with Crippen molar-refractivity contribution in [3.63, 3.8) is 0 Å². The lowest BCUT2D eigenvalue weighted by Crippen LogP contribution is -2.20. The summed E-state index contributed by atoms with van der Waals surface area (Å²) in [5.74, 6) is -0.471. The van der Waals surface area contributed by atoms with E-state index < -0.39 is 18.8 Å². The van der Waals surface area contributed by atoms with Crippen LogP contribution in [0.4, 0.5) is 13.2 Å². The number of hydrogen-bond donors (Lipinski definition) is 0. The average molecular weight is 262 g/mol. The van der Waals surface area contributed by atoms with Gasteiger partial charge in [0.15, 0.2) is 6.61 Å². The molecule has 0 saturated heterocycles. The fraction of sp³-hybridized carbons (Fsp3) is 0.417. The summed E-state index contributed by atoms with van der Waals surface area (Å²) in [4.78, 5) is 11.3. The van der Waals surface area contributed by atoms with Crippen molar-refractivity contribution in [2.75, 3.05) is 6.61 Å². The topological polar surface area (TPSA) is 35.5 Å². The Morgan fingerprint density at radius 1 is 1.22 bits per heavy atom. The van der Waals surface area contributed by atoms with Crippen molar-refractivity contribution < 1.29 is 27.4 Å². The van der Waals surface area contributed by atoms with Gasteiger partial charge in [-0.05, 0) is 38.1 Å². The zero-order chi connectivity index (χ0) is 13.8. The lowest BCUT2D eigenvalue weighted by atomic mass is 10.2. The van der Waals surface area contributed by atoms with Gasteiger partial charge in [0.1, 0.15) is 5.75 Å². The molecule has 100 valence electrons. The Morgan fingerprint density at radius 3 is 2.22 bits per heavy atom. The van der Waals surface area contributed by atoms with E-state index in [1.165, 1.54) is 24.3 Å². The maximum Gasteiger partial charge on any atom is 0.422 e. The monoisotopic (exact) mass is 262 g/mol. The number of carbonyl (C=O) groups is 1. The minimum Gasteiger partial charge on any atom is -0.491 e. The molecule has 1 rings (SSSR count). The number of carbonyl (C=O) groups excluding carboxylic acids is 1. The van der Waals surface area contributed by atoms with Crippen molar-refractivity contribution in [2.45, 2.75) is 26.1 Å². The minimum atomic E-state index is -4.52. The maximum atomic E-state index is 11.8. The quantitative estimate of drug-likeness (QED) is 0.782. The molecule has 0 saturated carbocycles. The first-order valence-electron chi connectivity index (χ1n) is 5.28. The Bertz CT molecular complexity index is 396. The molecule has 0 bridgehead atoms. The Kier molecular flexibility index (Phi) is 4.58. The molecule has 0 aliphatic heterocycles. The zero-order valence-electron chi connectivity index (χ0n) is 9.95. The molecular formula is C12H13F3O3. The van der Waals surface area contributed by atoms with Crippen LogP contribution in [0.25, 0.3) is 0 Å². The standard InChI is InChI=1S/C12H13F3O3/c1-8(2)18-10-5-3-9(4-6-10)11(16)17-7-12(13,14)15/h3-6,8H,7H2,1-2H3. The SMILES string of the molecule is CC(C)Oc1ccc(C(=O)OCC(F)(F)F)cc1. The molecule has 0 fully saturated rings. The van der Waals surface area contributed by atoms with Crippen molar-refractivity contribution in [1.29, 1.82) is 0 Å². The van der Waals surface area contributed by atoms with Crippen LogP contribution in [0.3, 0.4) is 0 Å². The van der Waals surface area contributed by atoms with Gasteiger partial charge in [-0.3, -0.25) is 0 Å². The summed E-state index contributed by atoms with van der Waals surface area (Å²) in [6.07, 6.45) is -4.54. The van der Waals surface area contributed by atoms with Crippen molar-refractivity contribution in [1.82, 2.24) is 0 Å². The molecule has 0 atom stereocenters. The summed E-state index contributed by atoms with van der Waals surface area (Å²) >= 11 is 0. The van der Waals surface area contributed by atoms with Crippen molar-refractivity contribution >= 4 is 5.97 Å². The normalized spacial score (nSPS) is 11.4. The fourth-order valence-electron chi connectivity index (χ4n) is 1.17. The van der Waals surface area contributed by atoms with E-state index >= 15 is 0 Å². The minimum absolute atomic E-state index is 0.0203.